The summed E-state index contributed by atoms with van der Waals surface area (Å²) in [6.07, 6.45) is 6.36. The van der Waals surface area contributed by atoms with Gasteiger partial charge in [-0.1, -0.05) is 12.1 Å². The van der Waals surface area contributed by atoms with Crippen LogP contribution < -0.4 is 0 Å². The van der Waals surface area contributed by atoms with Crippen molar-refractivity contribution in [1.82, 2.24) is 0 Å². The van der Waals surface area contributed by atoms with E-state index in [2.05, 4.69) is 0 Å². The minimum absolute atomic E-state index is 0.129. The number of furan rings is 1. The van der Waals surface area contributed by atoms with Crippen molar-refractivity contribution in [3.8, 4) is 0 Å². The monoisotopic (exact) mass is 346 g/mol. The maximum atomic E-state index is 11.8. The molecule has 1 heterocycles. The summed E-state index contributed by atoms with van der Waals surface area (Å²) >= 11 is 1.65. The van der Waals surface area contributed by atoms with E-state index in [1.54, 1.807) is 24.8 Å². The first-order chi connectivity index (χ1) is 11.6. The van der Waals surface area contributed by atoms with E-state index in [9.17, 15) is 9.59 Å². The van der Waals surface area contributed by atoms with Crippen molar-refractivity contribution in [3.05, 3.63) is 59.6 Å². The highest BCUT2D eigenvalue weighted by molar-refractivity contribution is 7.98. The van der Waals surface area contributed by atoms with Gasteiger partial charge in [-0.15, -0.1) is 11.8 Å². The van der Waals surface area contributed by atoms with Crippen molar-refractivity contribution in [2.75, 3.05) is 12.9 Å². The van der Waals surface area contributed by atoms with Gasteiger partial charge in [-0.05, 0) is 43.0 Å². The first-order valence-electron chi connectivity index (χ1n) is 7.36. The fourth-order valence-corrected chi connectivity index (χ4v) is 2.32. The SMILES string of the molecule is CCOC(=O)c1ccoc1COC(=O)C=Cc1ccc(SC)cc1. The topological polar surface area (TPSA) is 65.7 Å². The molecule has 0 bridgehead atoms. The first-order valence-corrected chi connectivity index (χ1v) is 8.59. The van der Waals surface area contributed by atoms with Gasteiger partial charge in [0.25, 0.3) is 0 Å². The molecule has 0 saturated carbocycles. The number of hydrogen-bond acceptors (Lipinski definition) is 6. The summed E-state index contributed by atoms with van der Waals surface area (Å²) in [4.78, 5) is 24.6. The molecule has 0 unspecified atom stereocenters. The Kier molecular flexibility index (Phi) is 6.69. The maximum Gasteiger partial charge on any atom is 0.341 e. The molecule has 0 aliphatic heterocycles. The molecular weight excluding hydrogens is 328 g/mol. The van der Waals surface area contributed by atoms with Crippen LogP contribution in [0.2, 0.25) is 0 Å². The number of rotatable bonds is 7. The van der Waals surface area contributed by atoms with Gasteiger partial charge in [0.2, 0.25) is 0 Å². The first kappa shape index (κ1) is 17.9. The molecule has 0 amide bonds. The zero-order valence-electron chi connectivity index (χ0n) is 13.5. The van der Waals surface area contributed by atoms with Crippen molar-refractivity contribution < 1.29 is 23.5 Å². The molecule has 0 saturated heterocycles. The van der Waals surface area contributed by atoms with Crippen molar-refractivity contribution in [2.24, 2.45) is 0 Å². The predicted molar refractivity (Wildman–Crippen MR) is 91.7 cm³/mol. The normalized spacial score (nSPS) is 10.8. The van der Waals surface area contributed by atoms with E-state index in [0.29, 0.717) is 0 Å². The Morgan fingerprint density at radius 2 is 1.92 bits per heavy atom. The van der Waals surface area contributed by atoms with Crippen LogP contribution in [0.1, 0.15) is 28.6 Å². The smallest absolute Gasteiger partial charge is 0.341 e. The lowest BCUT2D eigenvalue weighted by Gasteiger charge is -2.03. The summed E-state index contributed by atoms with van der Waals surface area (Å²) < 4.78 is 15.2. The van der Waals surface area contributed by atoms with E-state index in [0.717, 1.165) is 10.5 Å². The Morgan fingerprint density at radius 3 is 2.58 bits per heavy atom. The molecule has 1 aromatic carbocycles. The highest BCUT2D eigenvalue weighted by atomic mass is 32.2. The molecule has 0 spiro atoms. The fourth-order valence-electron chi connectivity index (χ4n) is 1.91. The molecule has 6 heteroatoms. The summed E-state index contributed by atoms with van der Waals surface area (Å²) in [5, 5.41) is 0. The summed E-state index contributed by atoms with van der Waals surface area (Å²) in [7, 11) is 0. The molecule has 5 nitrogen and oxygen atoms in total. The van der Waals surface area contributed by atoms with Crippen molar-refractivity contribution in [3.63, 3.8) is 0 Å². The highest BCUT2D eigenvalue weighted by Crippen LogP contribution is 2.16. The van der Waals surface area contributed by atoms with E-state index in [1.165, 1.54) is 18.4 Å². The van der Waals surface area contributed by atoms with Gasteiger partial charge in [0, 0.05) is 11.0 Å². The Labute approximate surface area is 144 Å². The van der Waals surface area contributed by atoms with Crippen LogP contribution in [0.3, 0.4) is 0 Å². The van der Waals surface area contributed by atoms with Crippen LogP contribution in [-0.2, 0) is 20.9 Å². The third kappa shape index (κ3) is 5.03. The van der Waals surface area contributed by atoms with Crippen molar-refractivity contribution in [2.45, 2.75) is 18.4 Å². The molecule has 0 N–H and O–H groups in total. The van der Waals surface area contributed by atoms with Crippen LogP contribution in [0.5, 0.6) is 0 Å². The average Bonchev–Trinajstić information content (AvgIpc) is 3.07. The molecule has 0 atom stereocenters. The minimum Gasteiger partial charge on any atom is -0.465 e. The lowest BCUT2D eigenvalue weighted by atomic mass is 10.2. The predicted octanol–water partition coefficient (Wildman–Crippen LogP) is 3.93. The van der Waals surface area contributed by atoms with Gasteiger partial charge in [-0.25, -0.2) is 9.59 Å². The van der Waals surface area contributed by atoms with Gasteiger partial charge in [-0.3, -0.25) is 0 Å². The second kappa shape index (κ2) is 8.98. The average molecular weight is 346 g/mol. The Bertz CT molecular complexity index is 715. The zero-order valence-corrected chi connectivity index (χ0v) is 14.3. The van der Waals surface area contributed by atoms with Crippen LogP contribution >= 0.6 is 11.8 Å². The van der Waals surface area contributed by atoms with Crippen LogP contribution in [0, 0.1) is 0 Å². The largest absolute Gasteiger partial charge is 0.465 e. The van der Waals surface area contributed by atoms with Crippen LogP contribution in [0.15, 0.2) is 52.0 Å². The van der Waals surface area contributed by atoms with Crippen molar-refractivity contribution >= 4 is 29.8 Å². The van der Waals surface area contributed by atoms with Crippen LogP contribution in [0.25, 0.3) is 6.08 Å². The van der Waals surface area contributed by atoms with Gasteiger partial charge < -0.3 is 13.9 Å². The highest BCUT2D eigenvalue weighted by Gasteiger charge is 2.16. The van der Waals surface area contributed by atoms with E-state index >= 15 is 0 Å². The fraction of sp³-hybridized carbons (Fsp3) is 0.222. The molecule has 126 valence electrons. The van der Waals surface area contributed by atoms with Crippen LogP contribution in [0.4, 0.5) is 0 Å². The third-order valence-electron chi connectivity index (χ3n) is 3.11. The molecule has 2 aromatic rings. The van der Waals surface area contributed by atoms with Crippen molar-refractivity contribution in [1.29, 1.82) is 0 Å². The van der Waals surface area contributed by atoms with E-state index in [4.69, 9.17) is 13.9 Å². The number of ether oxygens (including phenoxy) is 2. The second-order valence-corrected chi connectivity index (χ2v) is 5.57. The summed E-state index contributed by atoms with van der Waals surface area (Å²) in [5.74, 6) is -0.753. The summed E-state index contributed by atoms with van der Waals surface area (Å²) in [6.45, 7) is 1.85. The molecule has 1 aromatic heterocycles. The van der Waals surface area contributed by atoms with Gasteiger partial charge in [0.1, 0.15) is 5.56 Å². The van der Waals surface area contributed by atoms with Crippen LogP contribution in [-0.4, -0.2) is 24.8 Å². The standard InChI is InChI=1S/C18H18O5S/c1-3-21-18(20)15-10-11-22-16(15)12-23-17(19)9-6-13-4-7-14(24-2)8-5-13/h4-11H,3,12H2,1-2H3. The molecule has 0 fully saturated rings. The maximum absolute atomic E-state index is 11.8. The van der Waals surface area contributed by atoms with E-state index < -0.39 is 11.9 Å². The Hall–Kier alpha value is -2.47. The summed E-state index contributed by atoms with van der Waals surface area (Å²) in [6, 6.07) is 9.28. The quantitative estimate of drug-likeness (QED) is 0.430. The molecule has 0 aliphatic rings. The number of carbonyl (C=O) groups is 2. The van der Waals surface area contributed by atoms with E-state index in [1.807, 2.05) is 30.5 Å². The zero-order chi connectivity index (χ0) is 17.4. The lowest BCUT2D eigenvalue weighted by molar-refractivity contribution is -0.139. The van der Waals surface area contributed by atoms with Gasteiger partial charge in [-0.2, -0.15) is 0 Å². The minimum atomic E-state index is -0.518. The number of esters is 2. The number of benzene rings is 1. The van der Waals surface area contributed by atoms with Gasteiger partial charge in [0.15, 0.2) is 12.4 Å². The number of hydrogen-bond donors (Lipinski definition) is 0. The Morgan fingerprint density at radius 1 is 1.17 bits per heavy atom. The molecular formula is C18H18O5S. The van der Waals surface area contributed by atoms with Gasteiger partial charge >= 0.3 is 11.9 Å². The van der Waals surface area contributed by atoms with Gasteiger partial charge in [0.05, 0.1) is 12.9 Å². The lowest BCUT2D eigenvalue weighted by Crippen LogP contribution is -2.08. The third-order valence-corrected chi connectivity index (χ3v) is 3.86. The number of carbonyl (C=O) groups excluding carboxylic acids is 2. The molecule has 0 radical (unpaired) electrons. The van der Waals surface area contributed by atoms with E-state index in [-0.39, 0.29) is 24.5 Å². The number of thioether (sulfide) groups is 1. The second-order valence-electron chi connectivity index (χ2n) is 4.69. The molecule has 2 rings (SSSR count). The Balaban J connectivity index is 1.90. The summed E-state index contributed by atoms with van der Waals surface area (Å²) in [5.41, 5.74) is 1.16. The molecule has 24 heavy (non-hydrogen) atoms. The molecule has 0 aliphatic carbocycles.